The van der Waals surface area contributed by atoms with Crippen molar-refractivity contribution in [3.63, 3.8) is 0 Å². The minimum absolute atomic E-state index is 0.177. The van der Waals surface area contributed by atoms with E-state index in [0.29, 0.717) is 38.0 Å². The number of rotatable bonds is 7. The van der Waals surface area contributed by atoms with Crippen molar-refractivity contribution < 1.29 is 4.79 Å². The highest BCUT2D eigenvalue weighted by Gasteiger charge is 2.18. The molecule has 1 heterocycles. The van der Waals surface area contributed by atoms with E-state index in [0.717, 1.165) is 10.0 Å². The molecule has 32 heavy (non-hydrogen) atoms. The number of halogens is 3. The van der Waals surface area contributed by atoms with Gasteiger partial charge in [0, 0.05) is 20.8 Å². The van der Waals surface area contributed by atoms with Gasteiger partial charge in [-0.2, -0.15) is 0 Å². The summed E-state index contributed by atoms with van der Waals surface area (Å²) in [4.78, 5) is 12.6. The van der Waals surface area contributed by atoms with Gasteiger partial charge < -0.3 is 5.32 Å². The second kappa shape index (κ2) is 10.5. The molecule has 0 unspecified atom stereocenters. The van der Waals surface area contributed by atoms with Gasteiger partial charge in [0.2, 0.25) is 0 Å². The number of benzene rings is 3. The summed E-state index contributed by atoms with van der Waals surface area (Å²) >= 11 is 17.6. The summed E-state index contributed by atoms with van der Waals surface area (Å²) < 4.78 is 2.74. The summed E-state index contributed by atoms with van der Waals surface area (Å²) in [6, 6.07) is 22.4. The van der Waals surface area contributed by atoms with Crippen LogP contribution >= 0.6 is 50.9 Å². The fourth-order valence-corrected chi connectivity index (χ4v) is 4.54. The van der Waals surface area contributed by atoms with Crippen LogP contribution < -0.4 is 5.32 Å². The van der Waals surface area contributed by atoms with Gasteiger partial charge >= 0.3 is 0 Å². The van der Waals surface area contributed by atoms with Crippen LogP contribution in [0.2, 0.25) is 10.0 Å². The van der Waals surface area contributed by atoms with Crippen molar-refractivity contribution in [3.05, 3.63) is 104 Å². The summed E-state index contributed by atoms with van der Waals surface area (Å²) in [6.45, 7) is 0.177. The van der Waals surface area contributed by atoms with Gasteiger partial charge in [-0.05, 0) is 48.0 Å². The third-order valence-electron chi connectivity index (χ3n) is 4.57. The molecule has 0 atom stereocenters. The van der Waals surface area contributed by atoms with Gasteiger partial charge in [-0.3, -0.25) is 9.36 Å². The first-order valence-electron chi connectivity index (χ1n) is 9.61. The van der Waals surface area contributed by atoms with Gasteiger partial charge in [-0.1, -0.05) is 81.2 Å². The number of nitrogens with zero attached hydrogens (tertiary/aromatic N) is 3. The normalized spacial score (nSPS) is 10.8. The van der Waals surface area contributed by atoms with E-state index in [2.05, 4.69) is 43.6 Å². The molecule has 0 radical (unpaired) electrons. The van der Waals surface area contributed by atoms with Crippen LogP contribution in [0.3, 0.4) is 0 Å². The molecule has 9 heteroatoms. The number of nitrogens with one attached hydrogen (secondary N) is 1. The SMILES string of the molecule is O=C(NCc1nnc(SCc2ccccc2)n1-c1cc(Cl)ccc1Cl)c1ccc(Br)cc1. The predicted octanol–water partition coefficient (Wildman–Crippen LogP) is 6.56. The van der Waals surface area contributed by atoms with E-state index in [1.807, 2.05) is 34.9 Å². The zero-order valence-electron chi connectivity index (χ0n) is 16.6. The van der Waals surface area contributed by atoms with Crippen LogP contribution in [0, 0.1) is 0 Å². The van der Waals surface area contributed by atoms with Crippen molar-refractivity contribution in [1.82, 2.24) is 20.1 Å². The molecule has 0 aliphatic carbocycles. The maximum Gasteiger partial charge on any atom is 0.251 e. The number of hydrogen-bond acceptors (Lipinski definition) is 4. The lowest BCUT2D eigenvalue weighted by molar-refractivity contribution is 0.0949. The van der Waals surface area contributed by atoms with Crippen molar-refractivity contribution >= 4 is 56.8 Å². The largest absolute Gasteiger partial charge is 0.345 e. The van der Waals surface area contributed by atoms with E-state index < -0.39 is 0 Å². The fourth-order valence-electron chi connectivity index (χ4n) is 2.99. The first kappa shape index (κ1) is 22.9. The van der Waals surface area contributed by atoms with Crippen LogP contribution in [-0.2, 0) is 12.3 Å². The summed E-state index contributed by atoms with van der Waals surface area (Å²) in [5.41, 5.74) is 2.38. The van der Waals surface area contributed by atoms with Crippen LogP contribution in [-0.4, -0.2) is 20.7 Å². The molecule has 0 saturated carbocycles. The lowest BCUT2D eigenvalue weighted by atomic mass is 10.2. The van der Waals surface area contributed by atoms with Gasteiger partial charge in [-0.25, -0.2) is 0 Å². The minimum Gasteiger partial charge on any atom is -0.345 e. The zero-order valence-corrected chi connectivity index (χ0v) is 20.5. The number of aromatic nitrogens is 3. The van der Waals surface area contributed by atoms with Gasteiger partial charge in [-0.15, -0.1) is 10.2 Å². The first-order chi connectivity index (χ1) is 15.5. The van der Waals surface area contributed by atoms with E-state index in [1.165, 1.54) is 11.8 Å². The van der Waals surface area contributed by atoms with Crippen LogP contribution in [0.25, 0.3) is 5.69 Å². The van der Waals surface area contributed by atoms with Crippen molar-refractivity contribution in [2.24, 2.45) is 0 Å². The molecule has 0 fully saturated rings. The number of carbonyl (C=O) groups is 1. The monoisotopic (exact) mass is 546 g/mol. The highest BCUT2D eigenvalue weighted by atomic mass is 79.9. The van der Waals surface area contributed by atoms with Gasteiger partial charge in [0.15, 0.2) is 11.0 Å². The van der Waals surface area contributed by atoms with Crippen molar-refractivity contribution in [3.8, 4) is 5.69 Å². The van der Waals surface area contributed by atoms with E-state index in [1.54, 1.807) is 30.3 Å². The highest BCUT2D eigenvalue weighted by molar-refractivity contribution is 9.10. The quantitative estimate of drug-likeness (QED) is 0.266. The zero-order chi connectivity index (χ0) is 22.5. The highest BCUT2D eigenvalue weighted by Crippen LogP contribution is 2.31. The number of amides is 1. The Balaban J connectivity index is 1.61. The molecule has 4 aromatic rings. The Kier molecular flexibility index (Phi) is 7.52. The van der Waals surface area contributed by atoms with Gasteiger partial charge in [0.1, 0.15) is 0 Å². The molecule has 0 aliphatic rings. The molecule has 162 valence electrons. The molecule has 0 bridgehead atoms. The molecule has 1 aromatic heterocycles. The van der Waals surface area contributed by atoms with Crippen molar-refractivity contribution in [1.29, 1.82) is 0 Å². The molecular formula is C23H17BrCl2N4OS. The summed E-state index contributed by atoms with van der Waals surface area (Å²) in [7, 11) is 0. The molecule has 0 aliphatic heterocycles. The first-order valence-corrected chi connectivity index (χ1v) is 12.1. The Hall–Kier alpha value is -2.32. The Morgan fingerprint density at radius 2 is 1.75 bits per heavy atom. The van der Waals surface area contributed by atoms with E-state index >= 15 is 0 Å². The topological polar surface area (TPSA) is 59.8 Å². The molecule has 0 spiro atoms. The van der Waals surface area contributed by atoms with Gasteiger partial charge in [0.25, 0.3) is 5.91 Å². The average molecular weight is 548 g/mol. The molecule has 1 amide bonds. The minimum atomic E-state index is -0.206. The second-order valence-electron chi connectivity index (χ2n) is 6.79. The van der Waals surface area contributed by atoms with Crippen molar-refractivity contribution in [2.75, 3.05) is 0 Å². The van der Waals surface area contributed by atoms with Crippen LogP contribution in [0.5, 0.6) is 0 Å². The summed E-state index contributed by atoms with van der Waals surface area (Å²) in [5, 5.41) is 13.3. The van der Waals surface area contributed by atoms with Crippen LogP contribution in [0.15, 0.2) is 82.4 Å². The second-order valence-corrected chi connectivity index (χ2v) is 9.50. The maximum atomic E-state index is 12.6. The smallest absolute Gasteiger partial charge is 0.251 e. The van der Waals surface area contributed by atoms with E-state index in [-0.39, 0.29) is 12.5 Å². The number of thioether (sulfide) groups is 1. The molecular weight excluding hydrogens is 531 g/mol. The van der Waals surface area contributed by atoms with Crippen molar-refractivity contribution in [2.45, 2.75) is 17.5 Å². The van der Waals surface area contributed by atoms with E-state index in [4.69, 9.17) is 23.2 Å². The third kappa shape index (κ3) is 5.53. The van der Waals surface area contributed by atoms with Gasteiger partial charge in [0.05, 0.1) is 17.3 Å². The number of hydrogen-bond donors (Lipinski definition) is 1. The molecule has 1 N–H and O–H groups in total. The third-order valence-corrected chi connectivity index (χ3v) is 6.66. The lowest BCUT2D eigenvalue weighted by Gasteiger charge is -2.13. The Bertz CT molecular complexity index is 1230. The number of carbonyl (C=O) groups excluding carboxylic acids is 1. The lowest BCUT2D eigenvalue weighted by Crippen LogP contribution is -2.24. The predicted molar refractivity (Wildman–Crippen MR) is 133 cm³/mol. The molecule has 5 nitrogen and oxygen atoms in total. The maximum absolute atomic E-state index is 12.6. The molecule has 3 aromatic carbocycles. The van der Waals surface area contributed by atoms with Crippen LogP contribution in [0.1, 0.15) is 21.7 Å². The molecule has 0 saturated heterocycles. The average Bonchev–Trinajstić information content (AvgIpc) is 3.21. The van der Waals surface area contributed by atoms with Crippen LogP contribution in [0.4, 0.5) is 0 Å². The Morgan fingerprint density at radius 3 is 2.50 bits per heavy atom. The Morgan fingerprint density at radius 1 is 1.00 bits per heavy atom. The standard InChI is InChI=1S/C23H17BrCl2N4OS/c24-17-8-6-16(7-9-17)22(31)27-13-21-28-29-23(32-14-15-4-2-1-3-5-15)30(21)20-12-18(25)10-11-19(20)26/h1-12H,13-14H2,(H,27,31). The van der Waals surface area contributed by atoms with E-state index in [9.17, 15) is 4.79 Å². The fraction of sp³-hybridized carbons (Fsp3) is 0.0870. The Labute approximate surface area is 208 Å². The summed E-state index contributed by atoms with van der Waals surface area (Å²) in [5.74, 6) is 1.06. The molecule has 4 rings (SSSR count). The summed E-state index contributed by atoms with van der Waals surface area (Å²) in [6.07, 6.45) is 0.